The van der Waals surface area contributed by atoms with Gasteiger partial charge in [0.15, 0.2) is 5.78 Å². The highest BCUT2D eigenvalue weighted by molar-refractivity contribution is 9.10. The molecule has 1 atom stereocenters. The topological polar surface area (TPSA) is 60.7 Å². The smallest absolute Gasteiger partial charge is 0.204 e. The number of benzene rings is 2. The van der Waals surface area contributed by atoms with E-state index in [1.54, 1.807) is 19.1 Å². The Kier molecular flexibility index (Phi) is 5.08. The first-order valence-corrected chi connectivity index (χ1v) is 8.94. The van der Waals surface area contributed by atoms with Crippen LogP contribution in [-0.2, 0) is 0 Å². The van der Waals surface area contributed by atoms with Crippen molar-refractivity contribution in [2.75, 3.05) is 0 Å². The number of hydrogen-bond acceptors (Lipinski definition) is 4. The summed E-state index contributed by atoms with van der Waals surface area (Å²) >= 11 is 3.37. The molecule has 5 nitrogen and oxygen atoms in total. The standard InChI is InChI=1S/C19H19BrN4O/c1-12(2)14-4-6-16(7-5-14)19-21-23-24(22-19)13(3)18(25)15-8-10-17(20)11-9-15/h4-13H,1-3H3/t13-/m0/s1. The van der Waals surface area contributed by atoms with Gasteiger partial charge in [-0.15, -0.1) is 10.2 Å². The molecule has 2 aromatic carbocycles. The van der Waals surface area contributed by atoms with Gasteiger partial charge in [-0.2, -0.15) is 4.80 Å². The Bertz CT molecular complexity index is 869. The van der Waals surface area contributed by atoms with Crippen molar-refractivity contribution in [3.8, 4) is 11.4 Å². The third-order valence-electron chi connectivity index (χ3n) is 4.12. The van der Waals surface area contributed by atoms with Crippen molar-refractivity contribution in [1.82, 2.24) is 20.2 Å². The first kappa shape index (κ1) is 17.5. The second-order valence-electron chi connectivity index (χ2n) is 6.26. The Morgan fingerprint density at radius 2 is 1.64 bits per heavy atom. The van der Waals surface area contributed by atoms with Gasteiger partial charge in [0.05, 0.1) is 0 Å². The van der Waals surface area contributed by atoms with Crippen molar-refractivity contribution in [3.63, 3.8) is 0 Å². The van der Waals surface area contributed by atoms with Crippen LogP contribution in [0.5, 0.6) is 0 Å². The van der Waals surface area contributed by atoms with E-state index in [4.69, 9.17) is 0 Å². The van der Waals surface area contributed by atoms with Crippen LogP contribution in [0.3, 0.4) is 0 Å². The predicted octanol–water partition coefficient (Wildman–Crippen LogP) is 4.67. The van der Waals surface area contributed by atoms with E-state index in [0.717, 1.165) is 10.0 Å². The number of carbonyl (C=O) groups is 1. The van der Waals surface area contributed by atoms with Gasteiger partial charge in [0.25, 0.3) is 0 Å². The molecule has 0 aliphatic carbocycles. The fraction of sp³-hybridized carbons (Fsp3) is 0.263. The number of carbonyl (C=O) groups excluding carboxylic acids is 1. The molecule has 3 rings (SSSR count). The second-order valence-corrected chi connectivity index (χ2v) is 7.17. The monoisotopic (exact) mass is 398 g/mol. The van der Waals surface area contributed by atoms with E-state index >= 15 is 0 Å². The van der Waals surface area contributed by atoms with Gasteiger partial charge in [-0.1, -0.05) is 66.2 Å². The minimum Gasteiger partial charge on any atom is -0.292 e. The molecule has 0 spiro atoms. The number of halogens is 1. The average Bonchev–Trinajstić information content (AvgIpc) is 3.11. The van der Waals surface area contributed by atoms with E-state index < -0.39 is 6.04 Å². The lowest BCUT2D eigenvalue weighted by atomic mass is 10.0. The first-order valence-electron chi connectivity index (χ1n) is 8.15. The van der Waals surface area contributed by atoms with Crippen LogP contribution in [-0.4, -0.2) is 26.0 Å². The van der Waals surface area contributed by atoms with Crippen molar-refractivity contribution < 1.29 is 4.79 Å². The summed E-state index contributed by atoms with van der Waals surface area (Å²) in [6, 6.07) is 14.8. The Hall–Kier alpha value is -2.34. The molecule has 128 valence electrons. The van der Waals surface area contributed by atoms with Crippen LogP contribution in [0.1, 0.15) is 48.7 Å². The maximum Gasteiger partial charge on any atom is 0.204 e. The summed E-state index contributed by atoms with van der Waals surface area (Å²) in [6.07, 6.45) is 0. The Morgan fingerprint density at radius 3 is 2.24 bits per heavy atom. The highest BCUT2D eigenvalue weighted by Crippen LogP contribution is 2.21. The summed E-state index contributed by atoms with van der Waals surface area (Å²) in [6.45, 7) is 6.08. The number of nitrogens with zero attached hydrogens (tertiary/aromatic N) is 4. The maximum absolute atomic E-state index is 12.6. The predicted molar refractivity (Wildman–Crippen MR) is 101 cm³/mol. The van der Waals surface area contributed by atoms with Gasteiger partial charge in [0.2, 0.25) is 5.82 Å². The molecule has 3 aromatic rings. The molecule has 0 amide bonds. The number of hydrogen-bond donors (Lipinski definition) is 0. The second kappa shape index (κ2) is 7.27. The van der Waals surface area contributed by atoms with E-state index in [2.05, 4.69) is 57.3 Å². The Morgan fingerprint density at radius 1 is 1.00 bits per heavy atom. The van der Waals surface area contributed by atoms with Crippen LogP contribution >= 0.6 is 15.9 Å². The molecule has 0 unspecified atom stereocenters. The Balaban J connectivity index is 1.80. The number of rotatable bonds is 5. The number of ketones is 1. The van der Waals surface area contributed by atoms with Gasteiger partial charge < -0.3 is 0 Å². The van der Waals surface area contributed by atoms with Crippen molar-refractivity contribution >= 4 is 21.7 Å². The quantitative estimate of drug-likeness (QED) is 0.585. The largest absolute Gasteiger partial charge is 0.292 e. The average molecular weight is 399 g/mol. The molecule has 0 radical (unpaired) electrons. The van der Waals surface area contributed by atoms with Gasteiger partial charge in [-0.3, -0.25) is 4.79 Å². The van der Waals surface area contributed by atoms with E-state index in [1.807, 2.05) is 24.3 Å². The SMILES string of the molecule is CC(C)c1ccc(-c2nnn([C@@H](C)C(=O)c3ccc(Br)cc3)n2)cc1. The summed E-state index contributed by atoms with van der Waals surface area (Å²) < 4.78 is 0.933. The van der Waals surface area contributed by atoms with Crippen molar-refractivity contribution in [1.29, 1.82) is 0 Å². The van der Waals surface area contributed by atoms with Crippen molar-refractivity contribution in [2.45, 2.75) is 32.7 Å². The van der Waals surface area contributed by atoms with Gasteiger partial charge in [0, 0.05) is 15.6 Å². The van der Waals surface area contributed by atoms with Gasteiger partial charge in [-0.05, 0) is 35.8 Å². The molecular weight excluding hydrogens is 380 g/mol. The van der Waals surface area contributed by atoms with Crippen molar-refractivity contribution in [2.24, 2.45) is 0 Å². The van der Waals surface area contributed by atoms with Crippen LogP contribution in [0.4, 0.5) is 0 Å². The molecule has 25 heavy (non-hydrogen) atoms. The van der Waals surface area contributed by atoms with E-state index in [1.165, 1.54) is 10.4 Å². The highest BCUT2D eigenvalue weighted by atomic mass is 79.9. The maximum atomic E-state index is 12.6. The molecule has 0 fully saturated rings. The minimum atomic E-state index is -0.516. The van der Waals surface area contributed by atoms with Crippen LogP contribution in [0.2, 0.25) is 0 Å². The lowest BCUT2D eigenvalue weighted by Gasteiger charge is -2.08. The zero-order chi connectivity index (χ0) is 18.0. The summed E-state index contributed by atoms with van der Waals surface area (Å²) in [4.78, 5) is 13.9. The molecule has 1 heterocycles. The van der Waals surface area contributed by atoms with Crippen LogP contribution in [0.25, 0.3) is 11.4 Å². The van der Waals surface area contributed by atoms with Crippen LogP contribution in [0, 0.1) is 0 Å². The van der Waals surface area contributed by atoms with Crippen LogP contribution < -0.4 is 0 Å². The lowest BCUT2D eigenvalue weighted by molar-refractivity contribution is 0.0918. The zero-order valence-electron chi connectivity index (χ0n) is 14.3. The molecule has 1 aromatic heterocycles. The third kappa shape index (κ3) is 3.85. The molecule has 0 saturated carbocycles. The lowest BCUT2D eigenvalue weighted by Crippen LogP contribution is -2.19. The summed E-state index contributed by atoms with van der Waals surface area (Å²) in [5.41, 5.74) is 2.77. The van der Waals surface area contributed by atoms with E-state index in [9.17, 15) is 4.79 Å². The number of aromatic nitrogens is 4. The van der Waals surface area contributed by atoms with Crippen molar-refractivity contribution in [3.05, 3.63) is 64.1 Å². The first-order chi connectivity index (χ1) is 12.0. The van der Waals surface area contributed by atoms with Gasteiger partial charge >= 0.3 is 0 Å². The van der Waals surface area contributed by atoms with Crippen LogP contribution in [0.15, 0.2) is 53.0 Å². The minimum absolute atomic E-state index is 0.0494. The third-order valence-corrected chi connectivity index (χ3v) is 4.65. The number of tetrazole rings is 1. The number of Topliss-reactive ketones (excluding diaryl/α,β-unsaturated/α-hetero) is 1. The normalized spacial score (nSPS) is 12.4. The van der Waals surface area contributed by atoms with Gasteiger partial charge in [0.1, 0.15) is 6.04 Å². The summed E-state index contributed by atoms with van der Waals surface area (Å²) in [5, 5.41) is 12.5. The summed E-state index contributed by atoms with van der Waals surface area (Å²) in [5.74, 6) is 0.943. The molecule has 0 aliphatic rings. The molecular formula is C19H19BrN4O. The summed E-state index contributed by atoms with van der Waals surface area (Å²) in [7, 11) is 0. The fourth-order valence-electron chi connectivity index (χ4n) is 2.48. The molecule has 0 bridgehead atoms. The Labute approximate surface area is 155 Å². The molecule has 0 N–H and O–H groups in total. The molecule has 0 saturated heterocycles. The van der Waals surface area contributed by atoms with E-state index in [-0.39, 0.29) is 5.78 Å². The fourth-order valence-corrected chi connectivity index (χ4v) is 2.75. The molecule has 0 aliphatic heterocycles. The zero-order valence-corrected chi connectivity index (χ0v) is 15.9. The highest BCUT2D eigenvalue weighted by Gasteiger charge is 2.20. The van der Waals surface area contributed by atoms with Gasteiger partial charge in [-0.25, -0.2) is 0 Å². The van der Waals surface area contributed by atoms with E-state index in [0.29, 0.717) is 17.3 Å². The molecule has 6 heteroatoms.